The molecule has 0 spiro atoms. The van der Waals surface area contributed by atoms with Gasteiger partial charge in [0.15, 0.2) is 0 Å². The lowest BCUT2D eigenvalue weighted by Crippen LogP contribution is -2.07. The van der Waals surface area contributed by atoms with Gasteiger partial charge in [0.25, 0.3) is 0 Å². The number of nitrogens with zero attached hydrogens (tertiary/aromatic N) is 2. The topological polar surface area (TPSA) is 37.8 Å². The van der Waals surface area contributed by atoms with Gasteiger partial charge in [0.2, 0.25) is 5.95 Å². The number of nitrogens with one attached hydrogen (secondary N) is 1. The second-order valence-electron chi connectivity index (χ2n) is 4.23. The van der Waals surface area contributed by atoms with Crippen LogP contribution in [0.15, 0.2) is 42.7 Å². The molecule has 2 atom stereocenters. The first-order valence-corrected chi connectivity index (χ1v) is 6.70. The molecule has 0 bridgehead atoms. The predicted octanol–water partition coefficient (Wildman–Crippen LogP) is 3.05. The molecule has 1 aromatic heterocycles. The molecule has 0 saturated heterocycles. The number of hydrogen-bond donors (Lipinski definition) is 1. The minimum Gasteiger partial charge on any atom is -0.351 e. The number of rotatable bonds is 3. The smallest absolute Gasteiger partial charge is 0.222 e. The Kier molecular flexibility index (Phi) is 2.96. The molecule has 0 radical (unpaired) electrons. The third-order valence-corrected chi connectivity index (χ3v) is 3.51. The fraction of sp³-hybridized carbons (Fsp3) is 0.231. The van der Waals surface area contributed by atoms with Crippen LogP contribution in [0.3, 0.4) is 0 Å². The summed E-state index contributed by atoms with van der Waals surface area (Å²) in [7, 11) is 0. The van der Waals surface area contributed by atoms with E-state index in [2.05, 4.69) is 68.2 Å². The lowest BCUT2D eigenvalue weighted by atomic mass is 10.1. The lowest BCUT2D eigenvalue weighted by molar-refractivity contribution is 0.999. The maximum Gasteiger partial charge on any atom is 0.222 e. The van der Waals surface area contributed by atoms with Gasteiger partial charge in [0.1, 0.15) is 0 Å². The number of anilines is 1. The Morgan fingerprint density at radius 1 is 1.12 bits per heavy atom. The Hall–Kier alpha value is -1.17. The summed E-state index contributed by atoms with van der Waals surface area (Å²) in [6, 6.07) is 11.1. The van der Waals surface area contributed by atoms with E-state index in [1.165, 1.54) is 12.0 Å². The summed E-state index contributed by atoms with van der Waals surface area (Å²) in [6.07, 6.45) is 4.82. The van der Waals surface area contributed by atoms with Gasteiger partial charge in [-0.3, -0.25) is 0 Å². The monoisotopic (exact) mass is 337 g/mol. The molecule has 1 aliphatic rings. The standard InChI is InChI=1S/C13H12IN3/c14-10-7-15-13(16-8-10)17-12-6-11(12)9-4-2-1-3-5-9/h1-5,7-8,11-12H,6H2,(H,15,16,17). The van der Waals surface area contributed by atoms with Crippen molar-refractivity contribution in [3.05, 3.63) is 51.9 Å². The van der Waals surface area contributed by atoms with Crippen molar-refractivity contribution in [2.75, 3.05) is 5.32 Å². The molecule has 86 valence electrons. The van der Waals surface area contributed by atoms with E-state index in [0.717, 1.165) is 9.52 Å². The molecule has 1 aromatic carbocycles. The summed E-state index contributed by atoms with van der Waals surface area (Å²) in [4.78, 5) is 8.51. The average Bonchev–Trinajstić information content (AvgIpc) is 3.13. The Morgan fingerprint density at radius 2 is 1.82 bits per heavy atom. The Balaban J connectivity index is 1.64. The summed E-state index contributed by atoms with van der Waals surface area (Å²) >= 11 is 2.21. The van der Waals surface area contributed by atoms with Crippen LogP contribution in [0.4, 0.5) is 5.95 Å². The van der Waals surface area contributed by atoms with Crippen LogP contribution in [0.2, 0.25) is 0 Å². The second kappa shape index (κ2) is 4.60. The summed E-state index contributed by atoms with van der Waals surface area (Å²) < 4.78 is 1.06. The van der Waals surface area contributed by atoms with Gasteiger partial charge in [-0.25, -0.2) is 9.97 Å². The van der Waals surface area contributed by atoms with Crippen LogP contribution >= 0.6 is 22.6 Å². The van der Waals surface area contributed by atoms with Crippen molar-refractivity contribution in [2.45, 2.75) is 18.4 Å². The third-order valence-electron chi connectivity index (χ3n) is 2.95. The molecule has 0 aliphatic heterocycles. The van der Waals surface area contributed by atoms with Crippen LogP contribution in [0.1, 0.15) is 17.9 Å². The fourth-order valence-electron chi connectivity index (χ4n) is 1.98. The average molecular weight is 337 g/mol. The SMILES string of the molecule is Ic1cnc(NC2CC2c2ccccc2)nc1. The highest BCUT2D eigenvalue weighted by atomic mass is 127. The van der Waals surface area contributed by atoms with E-state index in [1.807, 2.05) is 12.4 Å². The van der Waals surface area contributed by atoms with Crippen molar-refractivity contribution in [1.29, 1.82) is 0 Å². The van der Waals surface area contributed by atoms with Crippen LogP contribution in [-0.2, 0) is 0 Å². The normalized spacial score (nSPS) is 22.2. The molecule has 17 heavy (non-hydrogen) atoms. The first-order valence-electron chi connectivity index (χ1n) is 5.62. The van der Waals surface area contributed by atoms with Crippen molar-refractivity contribution in [1.82, 2.24) is 9.97 Å². The Labute approximate surface area is 114 Å². The summed E-state index contributed by atoms with van der Waals surface area (Å²) in [5, 5.41) is 3.37. The first kappa shape index (κ1) is 11.0. The van der Waals surface area contributed by atoms with Crippen LogP contribution < -0.4 is 5.32 Å². The maximum absolute atomic E-state index is 4.26. The predicted molar refractivity (Wildman–Crippen MR) is 76.0 cm³/mol. The molecule has 1 N–H and O–H groups in total. The first-order chi connectivity index (χ1) is 8.33. The van der Waals surface area contributed by atoms with Crippen LogP contribution in [0.5, 0.6) is 0 Å². The zero-order valence-electron chi connectivity index (χ0n) is 9.18. The minimum absolute atomic E-state index is 0.484. The van der Waals surface area contributed by atoms with E-state index in [-0.39, 0.29) is 0 Å². The van der Waals surface area contributed by atoms with Crippen molar-refractivity contribution < 1.29 is 0 Å². The number of halogens is 1. The second-order valence-corrected chi connectivity index (χ2v) is 5.47. The van der Waals surface area contributed by atoms with Crippen molar-refractivity contribution in [3.8, 4) is 0 Å². The lowest BCUT2D eigenvalue weighted by Gasteiger charge is -2.03. The zero-order chi connectivity index (χ0) is 11.7. The molecule has 1 aliphatic carbocycles. The highest BCUT2D eigenvalue weighted by molar-refractivity contribution is 14.1. The van der Waals surface area contributed by atoms with Gasteiger partial charge >= 0.3 is 0 Å². The van der Waals surface area contributed by atoms with Crippen LogP contribution in [0.25, 0.3) is 0 Å². The third kappa shape index (κ3) is 2.57. The molecule has 1 fully saturated rings. The molecule has 2 unspecified atom stereocenters. The quantitative estimate of drug-likeness (QED) is 0.875. The van der Waals surface area contributed by atoms with Crippen molar-refractivity contribution >= 4 is 28.5 Å². The van der Waals surface area contributed by atoms with E-state index < -0.39 is 0 Å². The molecule has 0 amide bonds. The van der Waals surface area contributed by atoms with Gasteiger partial charge < -0.3 is 5.32 Å². The van der Waals surface area contributed by atoms with Gasteiger partial charge in [-0.05, 0) is 34.6 Å². The van der Waals surface area contributed by atoms with Gasteiger partial charge in [-0.2, -0.15) is 0 Å². The van der Waals surface area contributed by atoms with E-state index in [9.17, 15) is 0 Å². The summed E-state index contributed by atoms with van der Waals surface area (Å²) in [5.74, 6) is 1.34. The number of benzene rings is 1. The fourth-order valence-corrected chi connectivity index (χ4v) is 2.25. The highest BCUT2D eigenvalue weighted by Gasteiger charge is 2.38. The summed E-state index contributed by atoms with van der Waals surface area (Å²) in [6.45, 7) is 0. The minimum atomic E-state index is 0.484. The zero-order valence-corrected chi connectivity index (χ0v) is 11.3. The molecular formula is C13H12IN3. The van der Waals surface area contributed by atoms with Crippen LogP contribution in [-0.4, -0.2) is 16.0 Å². The molecule has 1 saturated carbocycles. The van der Waals surface area contributed by atoms with Crippen LogP contribution in [0, 0.1) is 3.57 Å². The Bertz CT molecular complexity index is 498. The van der Waals surface area contributed by atoms with Crippen molar-refractivity contribution in [2.24, 2.45) is 0 Å². The van der Waals surface area contributed by atoms with Gasteiger partial charge in [0.05, 0.1) is 0 Å². The van der Waals surface area contributed by atoms with Gasteiger partial charge in [0, 0.05) is 27.9 Å². The molecular weight excluding hydrogens is 325 g/mol. The molecule has 3 rings (SSSR count). The van der Waals surface area contributed by atoms with Gasteiger partial charge in [-0.15, -0.1) is 0 Å². The molecule has 4 heteroatoms. The maximum atomic E-state index is 4.26. The van der Waals surface area contributed by atoms with E-state index >= 15 is 0 Å². The molecule has 3 nitrogen and oxygen atoms in total. The van der Waals surface area contributed by atoms with E-state index in [1.54, 1.807) is 0 Å². The van der Waals surface area contributed by atoms with E-state index in [4.69, 9.17) is 0 Å². The number of hydrogen-bond acceptors (Lipinski definition) is 3. The molecule has 1 heterocycles. The summed E-state index contributed by atoms with van der Waals surface area (Å²) in [5.41, 5.74) is 1.40. The highest BCUT2D eigenvalue weighted by Crippen LogP contribution is 2.42. The Morgan fingerprint density at radius 3 is 2.53 bits per heavy atom. The molecule has 2 aromatic rings. The largest absolute Gasteiger partial charge is 0.351 e. The number of aromatic nitrogens is 2. The van der Waals surface area contributed by atoms with Crippen molar-refractivity contribution in [3.63, 3.8) is 0 Å². The van der Waals surface area contributed by atoms with Gasteiger partial charge in [-0.1, -0.05) is 30.3 Å². The van der Waals surface area contributed by atoms with E-state index in [0.29, 0.717) is 12.0 Å².